The Kier molecular flexibility index (Phi) is 5.77. The standard InChI is InChI=1S/C43H33NOS/c1-25-29-12-5-13-30(25)32-14-6-17-37-42(32)43-36(16-8-18-38(43)45-37)44-28-21-22-31(35(24-28)27-10-4-9-26(29)23-27)33-15-7-20-40-41(33)34-11-2-3-19-39(34)46-40/h2-7,9,11-15,17-23,27,35,44H,8,10,16,24H2,1H3. The highest BCUT2D eigenvalue weighted by molar-refractivity contribution is 7.25. The van der Waals surface area contributed by atoms with Crippen molar-refractivity contribution in [1.82, 2.24) is 5.32 Å². The quantitative estimate of drug-likeness (QED) is 0.200. The van der Waals surface area contributed by atoms with Gasteiger partial charge in [0.25, 0.3) is 0 Å². The third-order valence-corrected chi connectivity index (χ3v) is 11.8. The molecule has 6 aromatic rings. The second-order valence-corrected chi connectivity index (χ2v) is 14.3. The van der Waals surface area contributed by atoms with Gasteiger partial charge in [-0.2, -0.15) is 0 Å². The van der Waals surface area contributed by atoms with Crippen molar-refractivity contribution in [3.63, 3.8) is 0 Å². The van der Waals surface area contributed by atoms with Gasteiger partial charge in [0.15, 0.2) is 0 Å². The van der Waals surface area contributed by atoms with Gasteiger partial charge in [0.2, 0.25) is 0 Å². The van der Waals surface area contributed by atoms with Gasteiger partial charge in [0, 0.05) is 42.2 Å². The first-order chi connectivity index (χ1) is 22.7. The Morgan fingerprint density at radius 2 is 1.63 bits per heavy atom. The maximum absolute atomic E-state index is 6.55. The van der Waals surface area contributed by atoms with Crippen LogP contribution in [0.2, 0.25) is 0 Å². The molecule has 6 bridgehead atoms. The zero-order chi connectivity index (χ0) is 30.4. The van der Waals surface area contributed by atoms with E-state index in [0.717, 1.165) is 36.7 Å². The van der Waals surface area contributed by atoms with Crippen molar-refractivity contribution >= 4 is 65.4 Å². The molecule has 0 saturated heterocycles. The van der Waals surface area contributed by atoms with Crippen molar-refractivity contribution in [3.05, 3.63) is 142 Å². The van der Waals surface area contributed by atoms with Crippen LogP contribution < -0.4 is 16.0 Å². The second kappa shape index (κ2) is 10.1. The lowest BCUT2D eigenvalue weighted by atomic mass is 9.72. The molecule has 1 N–H and O–H groups in total. The van der Waals surface area contributed by atoms with Crippen molar-refractivity contribution in [1.29, 1.82) is 0 Å². The summed E-state index contributed by atoms with van der Waals surface area (Å²) < 4.78 is 9.27. The van der Waals surface area contributed by atoms with Crippen LogP contribution in [-0.4, -0.2) is 0 Å². The van der Waals surface area contributed by atoms with Gasteiger partial charge in [-0.25, -0.2) is 0 Å². The number of rotatable bonds is 1. The summed E-state index contributed by atoms with van der Waals surface area (Å²) in [5.41, 5.74) is 13.9. The molecule has 3 aliphatic carbocycles. The molecule has 0 amide bonds. The Morgan fingerprint density at radius 3 is 2.61 bits per heavy atom. The number of nitrogens with one attached hydrogen (secondary N) is 1. The normalized spacial score (nSPS) is 20.1. The van der Waals surface area contributed by atoms with Crippen LogP contribution in [0.15, 0.2) is 119 Å². The molecule has 2 unspecified atom stereocenters. The minimum absolute atomic E-state index is 0.343. The lowest BCUT2D eigenvalue weighted by Gasteiger charge is -2.33. The first-order valence-corrected chi connectivity index (χ1v) is 17.3. The average Bonchev–Trinajstić information content (AvgIpc) is 3.67. The molecule has 10 rings (SSSR count). The van der Waals surface area contributed by atoms with E-state index < -0.39 is 0 Å². The number of benzene rings is 4. The Balaban J connectivity index is 1.26. The van der Waals surface area contributed by atoms with E-state index in [1.807, 2.05) is 11.3 Å². The average molecular weight is 612 g/mol. The lowest BCUT2D eigenvalue weighted by molar-refractivity contribution is 0.477. The predicted octanol–water partition coefficient (Wildman–Crippen LogP) is 10.0. The van der Waals surface area contributed by atoms with Crippen LogP contribution in [0, 0.1) is 18.8 Å². The maximum Gasteiger partial charge on any atom is 0.136 e. The second-order valence-electron chi connectivity index (χ2n) is 13.2. The van der Waals surface area contributed by atoms with Gasteiger partial charge in [-0.3, -0.25) is 0 Å². The Bertz CT molecular complexity index is 2530. The topological polar surface area (TPSA) is 25.2 Å². The van der Waals surface area contributed by atoms with E-state index in [9.17, 15) is 0 Å². The van der Waals surface area contributed by atoms with E-state index in [4.69, 9.17) is 4.42 Å². The Labute approximate surface area is 272 Å². The first kappa shape index (κ1) is 26.4. The van der Waals surface area contributed by atoms with Crippen LogP contribution in [0.4, 0.5) is 0 Å². The van der Waals surface area contributed by atoms with E-state index in [1.165, 1.54) is 81.1 Å². The first-order valence-electron chi connectivity index (χ1n) is 16.5. The summed E-state index contributed by atoms with van der Waals surface area (Å²) in [5, 5.41) is 9.24. The van der Waals surface area contributed by atoms with Crippen LogP contribution in [0.1, 0.15) is 42.4 Å². The van der Waals surface area contributed by atoms with Gasteiger partial charge < -0.3 is 9.73 Å². The van der Waals surface area contributed by atoms with E-state index in [2.05, 4.69) is 128 Å². The number of allylic oxidation sites excluding steroid dienone is 8. The van der Waals surface area contributed by atoms with E-state index >= 15 is 0 Å². The molecular formula is C43H33NOS. The van der Waals surface area contributed by atoms with Crippen molar-refractivity contribution in [2.45, 2.75) is 32.6 Å². The minimum atomic E-state index is 0.343. The maximum atomic E-state index is 6.55. The molecule has 0 fully saturated rings. The van der Waals surface area contributed by atoms with Gasteiger partial charge in [-0.1, -0.05) is 85.0 Å². The highest BCUT2D eigenvalue weighted by Crippen LogP contribution is 2.47. The van der Waals surface area contributed by atoms with E-state index in [-0.39, 0.29) is 0 Å². The van der Waals surface area contributed by atoms with Crippen LogP contribution in [0.25, 0.3) is 65.2 Å². The molecule has 0 saturated carbocycles. The van der Waals surface area contributed by atoms with Gasteiger partial charge in [0.05, 0.1) is 0 Å². The zero-order valence-corrected chi connectivity index (χ0v) is 26.6. The number of fused-ring (bicyclic) bond motifs is 11. The predicted molar refractivity (Wildman–Crippen MR) is 195 cm³/mol. The summed E-state index contributed by atoms with van der Waals surface area (Å²) in [6, 6.07) is 29.2. The molecule has 4 aromatic carbocycles. The summed E-state index contributed by atoms with van der Waals surface area (Å²) >= 11 is 1.91. The largest absolute Gasteiger partial charge is 0.456 e. The number of hydrogen-bond acceptors (Lipinski definition) is 3. The summed E-state index contributed by atoms with van der Waals surface area (Å²) in [4.78, 5) is 0. The van der Waals surface area contributed by atoms with Crippen molar-refractivity contribution in [3.8, 4) is 11.1 Å². The molecule has 1 aliphatic heterocycles. The van der Waals surface area contributed by atoms with E-state index in [0.29, 0.717) is 11.8 Å². The van der Waals surface area contributed by atoms with Crippen molar-refractivity contribution in [2.75, 3.05) is 0 Å². The number of hydrogen-bond donors (Lipinski definition) is 1. The van der Waals surface area contributed by atoms with Crippen LogP contribution in [0.5, 0.6) is 0 Å². The van der Waals surface area contributed by atoms with Gasteiger partial charge >= 0.3 is 0 Å². The fourth-order valence-corrected chi connectivity index (χ4v) is 9.67. The minimum Gasteiger partial charge on any atom is -0.456 e. The molecular weight excluding hydrogens is 579 g/mol. The van der Waals surface area contributed by atoms with Gasteiger partial charge in [-0.05, 0) is 114 Å². The number of furan rings is 1. The van der Waals surface area contributed by atoms with Gasteiger partial charge in [0.1, 0.15) is 11.0 Å². The van der Waals surface area contributed by atoms with E-state index in [1.54, 1.807) is 0 Å². The molecule has 2 atom stereocenters. The van der Waals surface area contributed by atoms with Crippen LogP contribution >= 0.6 is 11.3 Å². The Morgan fingerprint density at radius 1 is 0.804 bits per heavy atom. The lowest BCUT2D eigenvalue weighted by Crippen LogP contribution is -2.33. The molecule has 222 valence electrons. The molecule has 3 heteroatoms. The number of thiophene rings is 1. The smallest absolute Gasteiger partial charge is 0.136 e. The molecule has 4 aliphatic rings. The molecule has 2 nitrogen and oxygen atoms in total. The zero-order valence-electron chi connectivity index (χ0n) is 25.8. The summed E-state index contributed by atoms with van der Waals surface area (Å²) in [5.74, 6) is 0.728. The van der Waals surface area contributed by atoms with Crippen LogP contribution in [-0.2, 0) is 0 Å². The summed E-state index contributed by atoms with van der Waals surface area (Å²) in [6.07, 6.45) is 18.4. The third-order valence-electron chi connectivity index (χ3n) is 10.6. The fourth-order valence-electron chi connectivity index (χ4n) is 8.54. The SMILES string of the molecule is Cc1c2cccc1-c1cccc3oc4c(c13)=C(CCC=4)NC1=CC=C(c3cccc4sc5ccccc5c34)C(C1)C1C=C2C=CC1. The van der Waals surface area contributed by atoms with Crippen molar-refractivity contribution < 1.29 is 4.42 Å². The third kappa shape index (κ3) is 3.88. The fraction of sp³-hybridized carbons (Fsp3) is 0.163. The highest BCUT2D eigenvalue weighted by atomic mass is 32.1. The highest BCUT2D eigenvalue weighted by Gasteiger charge is 2.31. The molecule has 2 aromatic heterocycles. The molecule has 0 radical (unpaired) electrons. The molecule has 46 heavy (non-hydrogen) atoms. The monoisotopic (exact) mass is 611 g/mol. The summed E-state index contributed by atoms with van der Waals surface area (Å²) in [7, 11) is 0. The molecule has 3 heterocycles. The summed E-state index contributed by atoms with van der Waals surface area (Å²) in [6.45, 7) is 2.30. The Hall–Kier alpha value is -4.86. The van der Waals surface area contributed by atoms with Crippen LogP contribution in [0.3, 0.4) is 0 Å². The van der Waals surface area contributed by atoms with Gasteiger partial charge in [-0.15, -0.1) is 11.3 Å². The van der Waals surface area contributed by atoms with Crippen molar-refractivity contribution in [2.24, 2.45) is 11.8 Å². The molecule has 0 spiro atoms.